The van der Waals surface area contributed by atoms with E-state index in [4.69, 9.17) is 4.74 Å². The molecule has 0 bridgehead atoms. The molecule has 0 aromatic heterocycles. The van der Waals surface area contributed by atoms with Crippen LogP contribution in [0.25, 0.3) is 0 Å². The fourth-order valence-electron chi connectivity index (χ4n) is 4.93. The molecule has 0 saturated carbocycles. The Morgan fingerprint density at radius 3 is 1.94 bits per heavy atom. The van der Waals surface area contributed by atoms with E-state index in [1.807, 2.05) is 84.9 Å². The third kappa shape index (κ3) is 3.11. The lowest BCUT2D eigenvalue weighted by Gasteiger charge is -2.34. The summed E-state index contributed by atoms with van der Waals surface area (Å²) in [4.78, 5) is 4.30. The first-order chi connectivity index (χ1) is 17.2. The average molecular weight is 490 g/mol. The van der Waals surface area contributed by atoms with Gasteiger partial charge in [-0.15, -0.1) is 0 Å². The molecule has 5 aromatic rings. The molecule has 5 heteroatoms. The summed E-state index contributed by atoms with van der Waals surface area (Å²) in [5.74, 6) is 1.63. The van der Waals surface area contributed by atoms with Crippen LogP contribution in [0.5, 0.6) is 11.5 Å². The summed E-state index contributed by atoms with van der Waals surface area (Å²) in [6.07, 6.45) is 0. The van der Waals surface area contributed by atoms with E-state index in [2.05, 4.69) is 41.3 Å². The summed E-state index contributed by atoms with van der Waals surface area (Å²) < 4.78 is 21.1. The predicted molar refractivity (Wildman–Crippen MR) is 145 cm³/mol. The maximum Gasteiger partial charge on any atom is 0.173 e. The van der Waals surface area contributed by atoms with Crippen LogP contribution in [0.4, 0.5) is 17.1 Å². The fraction of sp³-hybridized carbons (Fsp3) is 0. The molecule has 0 aliphatic carbocycles. The van der Waals surface area contributed by atoms with Crippen molar-refractivity contribution in [2.45, 2.75) is 9.79 Å². The monoisotopic (exact) mass is 489 g/mol. The minimum absolute atomic E-state index is 0.817. The minimum Gasteiger partial charge on any atom is -0.453 e. The van der Waals surface area contributed by atoms with Crippen molar-refractivity contribution in [3.05, 3.63) is 121 Å². The minimum atomic E-state index is -3.00. The number of anilines is 3. The van der Waals surface area contributed by atoms with Crippen molar-refractivity contribution in [2.24, 2.45) is 0 Å². The summed E-state index contributed by atoms with van der Waals surface area (Å²) in [6, 6.07) is 40.4. The van der Waals surface area contributed by atoms with Gasteiger partial charge < -0.3 is 14.2 Å². The van der Waals surface area contributed by atoms with Gasteiger partial charge in [0, 0.05) is 31.4 Å². The summed E-state index contributed by atoms with van der Waals surface area (Å²) >= 11 is 1.69. The number of fused-ring (bicyclic) bond motifs is 4. The molecule has 0 N–H and O–H groups in total. The zero-order valence-electron chi connectivity index (χ0n) is 18.7. The highest BCUT2D eigenvalue weighted by molar-refractivity contribution is 8.02. The summed E-state index contributed by atoms with van der Waals surface area (Å²) in [7, 11) is -3.00. The van der Waals surface area contributed by atoms with E-state index in [1.165, 1.54) is 0 Å². The topological polar surface area (TPSA) is 29.5 Å². The van der Waals surface area contributed by atoms with Gasteiger partial charge in [-0.2, -0.15) is 0 Å². The van der Waals surface area contributed by atoms with Crippen LogP contribution in [-0.4, -0.2) is 0 Å². The van der Waals surface area contributed by atoms with Gasteiger partial charge in [-0.1, -0.05) is 78.5 Å². The number of para-hydroxylation sites is 4. The molecule has 0 radical (unpaired) electrons. The predicted octanol–water partition coefficient (Wildman–Crippen LogP) is 7.37. The molecule has 2 aliphatic heterocycles. The number of nitrogens with zero attached hydrogens (tertiary/aromatic N) is 1. The van der Waals surface area contributed by atoms with E-state index in [9.17, 15) is 4.57 Å². The van der Waals surface area contributed by atoms with Crippen molar-refractivity contribution < 1.29 is 9.30 Å². The van der Waals surface area contributed by atoms with Gasteiger partial charge in [0.2, 0.25) is 0 Å². The standard InChI is InChI=1S/C30H20NO2PS/c32-34(22-10-2-1-3-11-22)27-16-8-9-17-29(27)35-30-20-21(18-19-28(30)34)31-23-12-4-6-14-25(23)33-26-15-7-5-13-24(26)31/h1-20H. The second kappa shape index (κ2) is 7.91. The largest absolute Gasteiger partial charge is 0.453 e. The maximum atomic E-state index is 14.9. The molecule has 0 fully saturated rings. The normalized spacial score (nSPS) is 17.4. The molecule has 2 heterocycles. The molecule has 168 valence electrons. The Kier molecular flexibility index (Phi) is 4.66. The number of hydrogen-bond acceptors (Lipinski definition) is 4. The van der Waals surface area contributed by atoms with Crippen molar-refractivity contribution in [3.8, 4) is 11.5 Å². The van der Waals surface area contributed by atoms with Gasteiger partial charge in [0.15, 0.2) is 18.6 Å². The highest BCUT2D eigenvalue weighted by Crippen LogP contribution is 2.55. The zero-order valence-corrected chi connectivity index (χ0v) is 20.4. The average Bonchev–Trinajstić information content (AvgIpc) is 2.92. The molecule has 7 rings (SSSR count). The maximum absolute atomic E-state index is 14.9. The van der Waals surface area contributed by atoms with E-state index in [1.54, 1.807) is 11.8 Å². The Morgan fingerprint density at radius 1 is 0.600 bits per heavy atom. The quantitative estimate of drug-likeness (QED) is 0.237. The van der Waals surface area contributed by atoms with Crippen molar-refractivity contribution in [1.82, 2.24) is 0 Å². The fourth-order valence-corrected chi connectivity index (χ4v) is 9.64. The third-order valence-corrected chi connectivity index (χ3v) is 11.1. The number of rotatable bonds is 2. The van der Waals surface area contributed by atoms with Gasteiger partial charge in [0.25, 0.3) is 0 Å². The second-order valence-corrected chi connectivity index (χ2v) is 12.3. The van der Waals surface area contributed by atoms with Crippen LogP contribution >= 0.6 is 18.9 Å². The Labute approximate surface area is 208 Å². The van der Waals surface area contributed by atoms with E-state index in [0.717, 1.165) is 54.3 Å². The van der Waals surface area contributed by atoms with E-state index < -0.39 is 7.14 Å². The lowest BCUT2D eigenvalue weighted by molar-refractivity contribution is 0.477. The number of ether oxygens (including phenoxy) is 1. The molecular formula is C30H20NO2PS. The van der Waals surface area contributed by atoms with Crippen LogP contribution in [0.3, 0.4) is 0 Å². The molecule has 5 aromatic carbocycles. The highest BCUT2D eigenvalue weighted by atomic mass is 32.2. The van der Waals surface area contributed by atoms with Gasteiger partial charge in [-0.3, -0.25) is 0 Å². The number of hydrogen-bond donors (Lipinski definition) is 0. The van der Waals surface area contributed by atoms with Crippen LogP contribution in [0, 0.1) is 0 Å². The second-order valence-electron chi connectivity index (χ2n) is 8.54. The Hall–Kier alpha value is -3.72. The van der Waals surface area contributed by atoms with Crippen LogP contribution < -0.4 is 25.6 Å². The summed E-state index contributed by atoms with van der Waals surface area (Å²) in [5.41, 5.74) is 2.98. The molecule has 0 spiro atoms. The van der Waals surface area contributed by atoms with Crippen LogP contribution in [0.15, 0.2) is 131 Å². The molecular weight excluding hydrogens is 469 g/mol. The highest BCUT2D eigenvalue weighted by Gasteiger charge is 2.38. The molecule has 1 unspecified atom stereocenters. The van der Waals surface area contributed by atoms with Crippen molar-refractivity contribution in [3.63, 3.8) is 0 Å². The van der Waals surface area contributed by atoms with Crippen molar-refractivity contribution in [1.29, 1.82) is 0 Å². The smallest absolute Gasteiger partial charge is 0.173 e. The van der Waals surface area contributed by atoms with Crippen LogP contribution in [0.1, 0.15) is 0 Å². The van der Waals surface area contributed by atoms with E-state index >= 15 is 0 Å². The lowest BCUT2D eigenvalue weighted by Crippen LogP contribution is -2.30. The van der Waals surface area contributed by atoms with Gasteiger partial charge in [0.1, 0.15) is 0 Å². The number of benzene rings is 5. The SMILES string of the molecule is O=P1(c2ccccc2)c2ccccc2Sc2cc(N3c4ccccc4Oc4ccccc43)ccc21. The van der Waals surface area contributed by atoms with Crippen LogP contribution in [0.2, 0.25) is 0 Å². The van der Waals surface area contributed by atoms with Crippen molar-refractivity contribution in [2.75, 3.05) is 4.90 Å². The van der Waals surface area contributed by atoms with E-state index in [0.29, 0.717) is 0 Å². The Morgan fingerprint density at radius 2 is 1.20 bits per heavy atom. The lowest BCUT2D eigenvalue weighted by atomic mass is 10.1. The molecule has 35 heavy (non-hydrogen) atoms. The van der Waals surface area contributed by atoms with Gasteiger partial charge in [-0.05, 0) is 54.6 Å². The first-order valence-corrected chi connectivity index (χ1v) is 14.0. The molecule has 1 atom stereocenters. The van der Waals surface area contributed by atoms with Crippen LogP contribution in [-0.2, 0) is 4.57 Å². The van der Waals surface area contributed by atoms with E-state index in [-0.39, 0.29) is 0 Å². The first kappa shape index (κ1) is 20.6. The molecule has 0 saturated heterocycles. The first-order valence-electron chi connectivity index (χ1n) is 11.5. The van der Waals surface area contributed by atoms with Gasteiger partial charge >= 0.3 is 0 Å². The molecule has 3 nitrogen and oxygen atoms in total. The zero-order chi connectivity index (χ0) is 23.4. The van der Waals surface area contributed by atoms with Crippen molar-refractivity contribution >= 4 is 51.9 Å². The molecule has 2 aliphatic rings. The van der Waals surface area contributed by atoms with Gasteiger partial charge in [-0.25, -0.2) is 0 Å². The summed E-state index contributed by atoms with van der Waals surface area (Å²) in [6.45, 7) is 0. The van der Waals surface area contributed by atoms with Gasteiger partial charge in [0.05, 0.1) is 11.4 Å². The Bertz CT molecular complexity index is 1600. The summed E-state index contributed by atoms with van der Waals surface area (Å²) in [5, 5.41) is 2.67. The third-order valence-electron chi connectivity index (χ3n) is 6.52. The molecule has 0 amide bonds. The Balaban J connectivity index is 1.45.